The highest BCUT2D eigenvalue weighted by Crippen LogP contribution is 2.23. The minimum Gasteiger partial charge on any atom is -0.328 e. The zero-order valence-electron chi connectivity index (χ0n) is 9.54. The van der Waals surface area contributed by atoms with Crippen molar-refractivity contribution in [3.05, 3.63) is 33.3 Å². The fraction of sp³-hybridized carbons (Fsp3) is 0.308. The number of hydrogen-bond acceptors (Lipinski definition) is 1. The van der Waals surface area contributed by atoms with Gasteiger partial charge in [0.2, 0.25) is 0 Å². The third-order valence-electron chi connectivity index (χ3n) is 2.23. The Morgan fingerprint density at radius 1 is 1.59 bits per heavy atom. The number of rotatable bonds is 4. The van der Waals surface area contributed by atoms with Crippen LogP contribution in [0.2, 0.25) is 5.02 Å². The van der Waals surface area contributed by atoms with Crippen molar-refractivity contribution in [3.63, 3.8) is 0 Å². The Kier molecular flexibility index (Phi) is 5.54. The third kappa shape index (κ3) is 3.76. The second-order valence-electron chi connectivity index (χ2n) is 3.56. The van der Waals surface area contributed by atoms with Crippen LogP contribution in [0.25, 0.3) is 0 Å². The molecule has 1 rings (SSSR count). The molecule has 0 aliphatic carbocycles. The molecule has 0 aliphatic heterocycles. The fourth-order valence-corrected chi connectivity index (χ4v) is 1.94. The van der Waals surface area contributed by atoms with Crippen LogP contribution in [0, 0.1) is 12.3 Å². The average Bonchev–Trinajstić information content (AvgIpc) is 2.31. The van der Waals surface area contributed by atoms with Crippen LogP contribution in [0.15, 0.2) is 22.7 Å². The average molecular weight is 315 g/mol. The minimum atomic E-state index is -0.0674. The Morgan fingerprint density at radius 3 is 2.82 bits per heavy atom. The number of nitrogens with zero attached hydrogens (tertiary/aromatic N) is 1. The van der Waals surface area contributed by atoms with Crippen LogP contribution < -0.4 is 0 Å². The molecule has 0 aromatic heterocycles. The Bertz CT molecular complexity index is 453. The predicted molar refractivity (Wildman–Crippen MR) is 74.2 cm³/mol. The van der Waals surface area contributed by atoms with Gasteiger partial charge in [-0.1, -0.05) is 24.4 Å². The molecular weight excluding hydrogens is 302 g/mol. The standard InChI is InChI=1S/C13H13BrClNO/c1-3-7-16(8-4-2)13(17)10-5-6-12(15)11(14)9-10/h1,5-6,9H,4,7-8H2,2H3. The molecule has 90 valence electrons. The summed E-state index contributed by atoms with van der Waals surface area (Å²) in [5.41, 5.74) is 0.588. The van der Waals surface area contributed by atoms with Crippen molar-refractivity contribution >= 4 is 33.4 Å². The van der Waals surface area contributed by atoms with Gasteiger partial charge < -0.3 is 4.90 Å². The molecule has 2 nitrogen and oxygen atoms in total. The maximum absolute atomic E-state index is 12.2. The Morgan fingerprint density at radius 2 is 2.29 bits per heavy atom. The first-order valence-electron chi connectivity index (χ1n) is 5.28. The molecule has 1 aromatic carbocycles. The van der Waals surface area contributed by atoms with Gasteiger partial charge in [-0.05, 0) is 40.5 Å². The van der Waals surface area contributed by atoms with Gasteiger partial charge in [0.1, 0.15) is 0 Å². The monoisotopic (exact) mass is 313 g/mol. The summed E-state index contributed by atoms with van der Waals surface area (Å²) in [6.45, 7) is 2.99. The summed E-state index contributed by atoms with van der Waals surface area (Å²) in [7, 11) is 0. The van der Waals surface area contributed by atoms with E-state index in [1.54, 1.807) is 23.1 Å². The highest BCUT2D eigenvalue weighted by atomic mass is 79.9. The van der Waals surface area contributed by atoms with Gasteiger partial charge in [-0.25, -0.2) is 0 Å². The van der Waals surface area contributed by atoms with Crippen molar-refractivity contribution in [2.45, 2.75) is 13.3 Å². The number of carbonyl (C=O) groups excluding carboxylic acids is 1. The molecule has 0 saturated carbocycles. The van der Waals surface area contributed by atoms with Crippen LogP contribution >= 0.6 is 27.5 Å². The lowest BCUT2D eigenvalue weighted by Gasteiger charge is -2.19. The van der Waals surface area contributed by atoms with Gasteiger partial charge >= 0.3 is 0 Å². The van der Waals surface area contributed by atoms with Crippen LogP contribution in [0.4, 0.5) is 0 Å². The topological polar surface area (TPSA) is 20.3 Å². The van der Waals surface area contributed by atoms with Crippen molar-refractivity contribution in [2.24, 2.45) is 0 Å². The molecule has 0 bridgehead atoms. The van der Waals surface area contributed by atoms with Gasteiger partial charge in [-0.15, -0.1) is 6.42 Å². The molecule has 17 heavy (non-hydrogen) atoms. The quantitative estimate of drug-likeness (QED) is 0.778. The smallest absolute Gasteiger partial charge is 0.254 e. The van der Waals surface area contributed by atoms with Gasteiger partial charge in [0.25, 0.3) is 5.91 Å². The number of terminal acetylenes is 1. The highest BCUT2D eigenvalue weighted by molar-refractivity contribution is 9.10. The van der Waals surface area contributed by atoms with E-state index in [0.717, 1.165) is 6.42 Å². The summed E-state index contributed by atoms with van der Waals surface area (Å²) in [5.74, 6) is 2.43. The van der Waals surface area contributed by atoms with Crippen LogP contribution in [0.1, 0.15) is 23.7 Å². The van der Waals surface area contributed by atoms with E-state index in [0.29, 0.717) is 28.1 Å². The van der Waals surface area contributed by atoms with Gasteiger partial charge in [-0.3, -0.25) is 4.79 Å². The number of hydrogen-bond donors (Lipinski definition) is 0. The second kappa shape index (κ2) is 6.68. The van der Waals surface area contributed by atoms with Crippen molar-refractivity contribution < 1.29 is 4.79 Å². The van der Waals surface area contributed by atoms with Crippen LogP contribution in [0.3, 0.4) is 0 Å². The summed E-state index contributed by atoms with van der Waals surface area (Å²) in [4.78, 5) is 13.8. The molecule has 0 aliphatic rings. The SMILES string of the molecule is C#CCN(CCC)C(=O)c1ccc(Cl)c(Br)c1. The zero-order valence-corrected chi connectivity index (χ0v) is 11.9. The Balaban J connectivity index is 2.93. The zero-order chi connectivity index (χ0) is 12.8. The number of amides is 1. The molecule has 4 heteroatoms. The lowest BCUT2D eigenvalue weighted by atomic mass is 10.2. The van der Waals surface area contributed by atoms with Gasteiger partial charge in [0.05, 0.1) is 11.6 Å². The van der Waals surface area contributed by atoms with Gasteiger partial charge in [0.15, 0.2) is 0 Å². The number of benzene rings is 1. The van der Waals surface area contributed by atoms with E-state index in [-0.39, 0.29) is 5.91 Å². The summed E-state index contributed by atoms with van der Waals surface area (Å²) >= 11 is 9.18. The summed E-state index contributed by atoms with van der Waals surface area (Å²) in [6.07, 6.45) is 6.13. The first-order valence-corrected chi connectivity index (χ1v) is 6.45. The molecular formula is C13H13BrClNO. The molecule has 0 heterocycles. The maximum Gasteiger partial charge on any atom is 0.254 e. The van der Waals surface area contributed by atoms with Crippen LogP contribution in [0.5, 0.6) is 0 Å². The van der Waals surface area contributed by atoms with Crippen molar-refractivity contribution in [1.29, 1.82) is 0 Å². The summed E-state index contributed by atoms with van der Waals surface area (Å²) in [6, 6.07) is 5.11. The molecule has 0 spiro atoms. The Labute approximate surface area is 115 Å². The van der Waals surface area contributed by atoms with Gasteiger partial charge in [0, 0.05) is 16.6 Å². The fourth-order valence-electron chi connectivity index (χ4n) is 1.44. The molecule has 0 atom stereocenters. The second-order valence-corrected chi connectivity index (χ2v) is 4.82. The minimum absolute atomic E-state index is 0.0674. The predicted octanol–water partition coefficient (Wildman–Crippen LogP) is 3.59. The Hall–Kier alpha value is -0.980. The highest BCUT2D eigenvalue weighted by Gasteiger charge is 2.14. The molecule has 0 unspecified atom stereocenters. The van der Waals surface area contributed by atoms with E-state index in [2.05, 4.69) is 21.9 Å². The number of halogens is 2. The van der Waals surface area contributed by atoms with E-state index in [1.807, 2.05) is 6.92 Å². The molecule has 1 amide bonds. The lowest BCUT2D eigenvalue weighted by molar-refractivity contribution is 0.0777. The third-order valence-corrected chi connectivity index (χ3v) is 3.44. The molecule has 0 N–H and O–H groups in total. The van der Waals surface area contributed by atoms with Crippen molar-refractivity contribution in [1.82, 2.24) is 4.90 Å². The van der Waals surface area contributed by atoms with E-state index in [9.17, 15) is 4.79 Å². The van der Waals surface area contributed by atoms with Gasteiger partial charge in [-0.2, -0.15) is 0 Å². The first-order chi connectivity index (χ1) is 8.10. The van der Waals surface area contributed by atoms with Crippen molar-refractivity contribution in [3.8, 4) is 12.3 Å². The van der Waals surface area contributed by atoms with Crippen molar-refractivity contribution in [2.75, 3.05) is 13.1 Å². The van der Waals surface area contributed by atoms with E-state index in [4.69, 9.17) is 18.0 Å². The van der Waals surface area contributed by atoms with E-state index in [1.165, 1.54) is 0 Å². The molecule has 1 aromatic rings. The van der Waals surface area contributed by atoms with E-state index < -0.39 is 0 Å². The van der Waals surface area contributed by atoms with Crippen LogP contribution in [-0.2, 0) is 0 Å². The normalized spacial score (nSPS) is 9.76. The van der Waals surface area contributed by atoms with E-state index >= 15 is 0 Å². The lowest BCUT2D eigenvalue weighted by Crippen LogP contribution is -2.32. The molecule has 0 saturated heterocycles. The number of carbonyl (C=O) groups is 1. The largest absolute Gasteiger partial charge is 0.328 e. The first kappa shape index (κ1) is 14.1. The summed E-state index contributed by atoms with van der Waals surface area (Å²) < 4.78 is 0.710. The molecule has 0 fully saturated rings. The maximum atomic E-state index is 12.2. The molecule has 0 radical (unpaired) electrons. The van der Waals surface area contributed by atoms with Crippen LogP contribution in [-0.4, -0.2) is 23.9 Å². The summed E-state index contributed by atoms with van der Waals surface area (Å²) in [5, 5.41) is 0.584.